The summed E-state index contributed by atoms with van der Waals surface area (Å²) in [5.74, 6) is 0.943. The number of rotatable bonds is 2. The first kappa shape index (κ1) is 12.5. The van der Waals surface area contributed by atoms with E-state index < -0.39 is 0 Å². The molecule has 0 fully saturated rings. The highest BCUT2D eigenvalue weighted by Crippen LogP contribution is 2.40. The zero-order valence-electron chi connectivity index (χ0n) is 9.56. The zero-order chi connectivity index (χ0) is 13.4. The van der Waals surface area contributed by atoms with E-state index in [1.807, 2.05) is 30.3 Å². The fraction of sp³-hybridized carbons (Fsp3) is 0. The molecule has 3 nitrogen and oxygen atoms in total. The molecule has 19 heavy (non-hydrogen) atoms. The monoisotopic (exact) mass is 310 g/mol. The van der Waals surface area contributed by atoms with Gasteiger partial charge in [-0.25, -0.2) is 0 Å². The molecule has 0 aliphatic rings. The second-order valence-electron chi connectivity index (χ2n) is 3.89. The summed E-state index contributed by atoms with van der Waals surface area (Å²) >= 11 is 13.4. The number of hydrogen-bond acceptors (Lipinski definition) is 4. The first-order valence-corrected chi connectivity index (χ1v) is 6.99. The molecule has 96 valence electrons. The molecule has 6 heteroatoms. The summed E-state index contributed by atoms with van der Waals surface area (Å²) in [5.41, 5.74) is 7.49. The van der Waals surface area contributed by atoms with Gasteiger partial charge in [0.2, 0.25) is 0 Å². The molecular weight excluding hydrogens is 303 g/mol. The molecule has 2 heterocycles. The highest BCUT2D eigenvalue weighted by atomic mass is 35.5. The summed E-state index contributed by atoms with van der Waals surface area (Å²) in [5, 5.41) is 4.46. The van der Waals surface area contributed by atoms with Gasteiger partial charge < -0.3 is 10.3 Å². The lowest BCUT2D eigenvalue weighted by atomic mass is 10.1. The van der Waals surface area contributed by atoms with Crippen LogP contribution in [0.3, 0.4) is 0 Å². The van der Waals surface area contributed by atoms with E-state index in [0.29, 0.717) is 20.9 Å². The average Bonchev–Trinajstić information content (AvgIpc) is 2.95. The Hall–Kier alpha value is -1.49. The molecular formula is C13H8Cl2N2OS. The quantitative estimate of drug-likeness (QED) is 0.728. The van der Waals surface area contributed by atoms with Gasteiger partial charge >= 0.3 is 0 Å². The third-order valence-electron chi connectivity index (χ3n) is 2.63. The minimum atomic E-state index is 0.335. The van der Waals surface area contributed by atoms with Crippen molar-refractivity contribution in [1.29, 1.82) is 0 Å². The molecule has 2 aromatic heterocycles. The molecule has 0 radical (unpaired) electrons. The van der Waals surface area contributed by atoms with Crippen LogP contribution in [0.2, 0.25) is 9.36 Å². The highest BCUT2D eigenvalue weighted by Gasteiger charge is 2.19. The molecule has 0 atom stereocenters. The Labute approximate surface area is 123 Å². The maximum absolute atomic E-state index is 6.01. The fourth-order valence-electron chi connectivity index (χ4n) is 1.83. The lowest BCUT2D eigenvalue weighted by Crippen LogP contribution is -1.88. The summed E-state index contributed by atoms with van der Waals surface area (Å²) in [4.78, 5) is 0.879. The SMILES string of the molecule is Nc1noc(-c2ccc(Cl)s2)c1-c1cccc(Cl)c1. The first-order valence-electron chi connectivity index (χ1n) is 5.42. The zero-order valence-corrected chi connectivity index (χ0v) is 11.9. The Kier molecular flexibility index (Phi) is 3.22. The number of benzene rings is 1. The van der Waals surface area contributed by atoms with E-state index in [0.717, 1.165) is 16.0 Å². The van der Waals surface area contributed by atoms with Crippen LogP contribution in [0.15, 0.2) is 40.9 Å². The number of aromatic nitrogens is 1. The van der Waals surface area contributed by atoms with Crippen LogP contribution in [-0.4, -0.2) is 5.16 Å². The summed E-state index contributed by atoms with van der Waals surface area (Å²) < 4.78 is 6.01. The number of thiophene rings is 1. The third-order valence-corrected chi connectivity index (χ3v) is 4.09. The Morgan fingerprint density at radius 1 is 1.16 bits per heavy atom. The topological polar surface area (TPSA) is 52.0 Å². The van der Waals surface area contributed by atoms with Crippen LogP contribution in [0.4, 0.5) is 5.82 Å². The molecule has 0 saturated heterocycles. The molecule has 1 aromatic carbocycles. The van der Waals surface area contributed by atoms with Gasteiger partial charge in [0.15, 0.2) is 11.6 Å². The third kappa shape index (κ3) is 2.34. The van der Waals surface area contributed by atoms with E-state index in [-0.39, 0.29) is 0 Å². The van der Waals surface area contributed by atoms with Crippen LogP contribution < -0.4 is 5.73 Å². The van der Waals surface area contributed by atoms with Crippen molar-refractivity contribution >= 4 is 40.4 Å². The second kappa shape index (κ2) is 4.89. The van der Waals surface area contributed by atoms with E-state index in [4.69, 9.17) is 33.5 Å². The van der Waals surface area contributed by atoms with Gasteiger partial charge in [-0.2, -0.15) is 0 Å². The van der Waals surface area contributed by atoms with Crippen LogP contribution >= 0.6 is 34.5 Å². The van der Waals surface area contributed by atoms with Gasteiger partial charge in [-0.15, -0.1) is 11.3 Å². The lowest BCUT2D eigenvalue weighted by Gasteiger charge is -2.01. The van der Waals surface area contributed by atoms with Crippen molar-refractivity contribution in [3.05, 3.63) is 45.8 Å². The van der Waals surface area contributed by atoms with Crippen LogP contribution in [0, 0.1) is 0 Å². The van der Waals surface area contributed by atoms with Crippen molar-refractivity contribution in [1.82, 2.24) is 5.16 Å². The summed E-state index contributed by atoms with van der Waals surface area (Å²) in [6.45, 7) is 0. The standard InChI is InChI=1S/C13H8Cl2N2OS/c14-8-3-1-2-7(6-8)11-12(18-17-13(11)16)9-4-5-10(15)19-9/h1-6H,(H2,16,17). The molecule has 0 aliphatic heterocycles. The van der Waals surface area contributed by atoms with Crippen LogP contribution in [-0.2, 0) is 0 Å². The van der Waals surface area contributed by atoms with Gasteiger partial charge in [0.25, 0.3) is 0 Å². The molecule has 0 spiro atoms. The molecule has 0 bridgehead atoms. The Bertz CT molecular complexity index is 736. The summed E-state index contributed by atoms with van der Waals surface area (Å²) in [6, 6.07) is 11.1. The Morgan fingerprint density at radius 3 is 2.68 bits per heavy atom. The van der Waals surface area contributed by atoms with Crippen molar-refractivity contribution in [2.45, 2.75) is 0 Å². The first-order chi connectivity index (χ1) is 9.15. The Balaban J connectivity index is 2.19. The van der Waals surface area contributed by atoms with Crippen LogP contribution in [0.5, 0.6) is 0 Å². The van der Waals surface area contributed by atoms with Crippen molar-refractivity contribution in [2.75, 3.05) is 5.73 Å². The number of nitrogen functional groups attached to an aromatic ring is 1. The van der Waals surface area contributed by atoms with E-state index in [2.05, 4.69) is 5.16 Å². The van der Waals surface area contributed by atoms with E-state index in [1.54, 1.807) is 6.07 Å². The minimum Gasteiger partial charge on any atom is -0.380 e. The highest BCUT2D eigenvalue weighted by molar-refractivity contribution is 7.19. The van der Waals surface area contributed by atoms with Gasteiger partial charge in [0, 0.05) is 5.02 Å². The average molecular weight is 311 g/mol. The van der Waals surface area contributed by atoms with Gasteiger partial charge in [-0.1, -0.05) is 40.5 Å². The Morgan fingerprint density at radius 2 is 2.00 bits per heavy atom. The van der Waals surface area contributed by atoms with Crippen LogP contribution in [0.1, 0.15) is 0 Å². The van der Waals surface area contributed by atoms with Crippen molar-refractivity contribution in [3.63, 3.8) is 0 Å². The van der Waals surface area contributed by atoms with Crippen molar-refractivity contribution < 1.29 is 4.52 Å². The molecule has 2 N–H and O–H groups in total. The molecule has 3 aromatic rings. The lowest BCUT2D eigenvalue weighted by molar-refractivity contribution is 0.437. The summed E-state index contributed by atoms with van der Waals surface area (Å²) in [6.07, 6.45) is 0. The van der Waals surface area contributed by atoms with E-state index in [1.165, 1.54) is 11.3 Å². The van der Waals surface area contributed by atoms with Crippen molar-refractivity contribution in [2.24, 2.45) is 0 Å². The predicted molar refractivity (Wildman–Crippen MR) is 79.7 cm³/mol. The maximum atomic E-state index is 6.01. The molecule has 0 unspecified atom stereocenters. The smallest absolute Gasteiger partial charge is 0.186 e. The predicted octanol–water partition coefficient (Wildman–Crippen LogP) is 4.96. The largest absolute Gasteiger partial charge is 0.380 e. The van der Waals surface area contributed by atoms with Gasteiger partial charge in [-0.3, -0.25) is 0 Å². The number of anilines is 1. The molecule has 3 rings (SSSR count). The normalized spacial score (nSPS) is 10.8. The molecule has 0 aliphatic carbocycles. The number of halogens is 2. The number of hydrogen-bond donors (Lipinski definition) is 1. The van der Waals surface area contributed by atoms with Gasteiger partial charge in [-0.05, 0) is 29.8 Å². The fourth-order valence-corrected chi connectivity index (χ4v) is 3.05. The minimum absolute atomic E-state index is 0.335. The molecule has 0 saturated carbocycles. The number of nitrogens with two attached hydrogens (primary N) is 1. The maximum Gasteiger partial charge on any atom is 0.186 e. The molecule has 0 amide bonds. The second-order valence-corrected chi connectivity index (χ2v) is 6.04. The number of nitrogens with zero attached hydrogens (tertiary/aromatic N) is 1. The summed E-state index contributed by atoms with van der Waals surface area (Å²) in [7, 11) is 0. The van der Waals surface area contributed by atoms with Crippen molar-refractivity contribution in [3.8, 4) is 21.8 Å². The van der Waals surface area contributed by atoms with Gasteiger partial charge in [0.05, 0.1) is 14.8 Å². The van der Waals surface area contributed by atoms with Gasteiger partial charge in [0.1, 0.15) is 0 Å². The van der Waals surface area contributed by atoms with E-state index in [9.17, 15) is 0 Å². The van der Waals surface area contributed by atoms with E-state index >= 15 is 0 Å². The van der Waals surface area contributed by atoms with Crippen LogP contribution in [0.25, 0.3) is 21.8 Å².